The number of carbonyl (C=O) groups is 1. The van der Waals surface area contributed by atoms with Crippen molar-refractivity contribution in [2.45, 2.75) is 26.2 Å². The molecule has 0 spiro atoms. The molecule has 0 heterocycles. The zero-order valence-corrected chi connectivity index (χ0v) is 7.97. The smallest absolute Gasteiger partial charge is 0.317 e. The van der Waals surface area contributed by atoms with Crippen LogP contribution >= 0.6 is 0 Å². The zero-order chi connectivity index (χ0) is 8.97. The third kappa shape index (κ3) is 2.13. The summed E-state index contributed by atoms with van der Waals surface area (Å²) in [7, 11) is 1.69. The molecule has 1 saturated carbocycles. The standard InChI is InChI=1S/C9H18N2O/c1-3-11(9(12)10-2)7-8-5-4-6-8/h8H,3-7H2,1-2H3,(H,10,12). The van der Waals surface area contributed by atoms with Crippen molar-refractivity contribution in [3.8, 4) is 0 Å². The Bertz CT molecular complexity index is 155. The molecule has 1 fully saturated rings. The second-order valence-corrected chi connectivity index (χ2v) is 3.39. The molecule has 0 radical (unpaired) electrons. The number of amides is 2. The minimum atomic E-state index is 0.0596. The van der Waals surface area contributed by atoms with Gasteiger partial charge in [-0.1, -0.05) is 6.42 Å². The van der Waals surface area contributed by atoms with Gasteiger partial charge < -0.3 is 10.2 Å². The van der Waals surface area contributed by atoms with E-state index in [0.29, 0.717) is 0 Å². The Kier molecular flexibility index (Phi) is 3.38. The van der Waals surface area contributed by atoms with Crippen LogP contribution in [0.5, 0.6) is 0 Å². The van der Waals surface area contributed by atoms with Gasteiger partial charge >= 0.3 is 6.03 Å². The van der Waals surface area contributed by atoms with Crippen LogP contribution in [0.3, 0.4) is 0 Å². The normalized spacial score (nSPS) is 16.8. The Morgan fingerprint density at radius 2 is 2.25 bits per heavy atom. The van der Waals surface area contributed by atoms with E-state index >= 15 is 0 Å². The molecule has 0 saturated heterocycles. The van der Waals surface area contributed by atoms with E-state index in [2.05, 4.69) is 5.32 Å². The molecule has 3 heteroatoms. The van der Waals surface area contributed by atoms with Crippen molar-refractivity contribution < 1.29 is 4.79 Å². The molecule has 1 aliphatic carbocycles. The molecule has 0 atom stereocenters. The molecule has 1 N–H and O–H groups in total. The highest BCUT2D eigenvalue weighted by Gasteiger charge is 2.21. The van der Waals surface area contributed by atoms with Crippen molar-refractivity contribution in [1.82, 2.24) is 10.2 Å². The van der Waals surface area contributed by atoms with Gasteiger partial charge in [-0.15, -0.1) is 0 Å². The van der Waals surface area contributed by atoms with Crippen LogP contribution in [0.1, 0.15) is 26.2 Å². The molecule has 3 nitrogen and oxygen atoms in total. The predicted molar refractivity (Wildman–Crippen MR) is 49.0 cm³/mol. The topological polar surface area (TPSA) is 32.3 Å². The van der Waals surface area contributed by atoms with Gasteiger partial charge in [0, 0.05) is 20.1 Å². The number of nitrogens with zero attached hydrogens (tertiary/aromatic N) is 1. The second-order valence-electron chi connectivity index (χ2n) is 3.39. The van der Waals surface area contributed by atoms with E-state index in [9.17, 15) is 4.79 Å². The number of hydrogen-bond donors (Lipinski definition) is 1. The zero-order valence-electron chi connectivity index (χ0n) is 7.97. The molecule has 0 aliphatic heterocycles. The SMILES string of the molecule is CCN(CC1CCC1)C(=O)NC. The van der Waals surface area contributed by atoms with Crippen LogP contribution < -0.4 is 5.32 Å². The van der Waals surface area contributed by atoms with Crippen molar-refractivity contribution in [2.75, 3.05) is 20.1 Å². The molecule has 0 aromatic carbocycles. The Labute approximate surface area is 74.1 Å². The van der Waals surface area contributed by atoms with E-state index in [1.807, 2.05) is 11.8 Å². The first-order valence-electron chi connectivity index (χ1n) is 4.74. The quantitative estimate of drug-likeness (QED) is 0.683. The van der Waals surface area contributed by atoms with Crippen LogP contribution in [0.15, 0.2) is 0 Å². The Morgan fingerprint density at radius 1 is 1.58 bits per heavy atom. The average molecular weight is 170 g/mol. The van der Waals surface area contributed by atoms with Crippen LogP contribution in [-0.4, -0.2) is 31.1 Å². The minimum absolute atomic E-state index is 0.0596. The van der Waals surface area contributed by atoms with Crippen LogP contribution in [0, 0.1) is 5.92 Å². The van der Waals surface area contributed by atoms with Gasteiger partial charge in [0.05, 0.1) is 0 Å². The van der Waals surface area contributed by atoms with Gasteiger partial charge in [-0.05, 0) is 25.7 Å². The van der Waals surface area contributed by atoms with Crippen LogP contribution in [0.4, 0.5) is 4.79 Å². The second kappa shape index (κ2) is 4.33. The van der Waals surface area contributed by atoms with Gasteiger partial charge in [-0.25, -0.2) is 4.79 Å². The average Bonchev–Trinajstić information content (AvgIpc) is 2.02. The van der Waals surface area contributed by atoms with Gasteiger partial charge in [-0.3, -0.25) is 0 Å². The van der Waals surface area contributed by atoms with E-state index in [1.54, 1.807) is 7.05 Å². The molecule has 12 heavy (non-hydrogen) atoms. The minimum Gasteiger partial charge on any atom is -0.341 e. The summed E-state index contributed by atoms with van der Waals surface area (Å²) in [5.41, 5.74) is 0. The molecular weight excluding hydrogens is 152 g/mol. The first kappa shape index (κ1) is 9.36. The van der Waals surface area contributed by atoms with Gasteiger partial charge in [-0.2, -0.15) is 0 Å². The first-order chi connectivity index (χ1) is 5.77. The maximum absolute atomic E-state index is 11.2. The number of nitrogens with one attached hydrogen (secondary N) is 1. The van der Waals surface area contributed by atoms with Crippen molar-refractivity contribution in [2.24, 2.45) is 5.92 Å². The lowest BCUT2D eigenvalue weighted by molar-refractivity contribution is 0.173. The highest BCUT2D eigenvalue weighted by Crippen LogP contribution is 2.26. The summed E-state index contributed by atoms with van der Waals surface area (Å²) in [6, 6.07) is 0.0596. The molecule has 2 amide bonds. The predicted octanol–water partition coefficient (Wildman–Crippen LogP) is 1.45. The Hall–Kier alpha value is -0.730. The van der Waals surface area contributed by atoms with E-state index < -0.39 is 0 Å². The highest BCUT2D eigenvalue weighted by molar-refractivity contribution is 5.73. The maximum atomic E-state index is 11.2. The molecule has 0 unspecified atom stereocenters. The number of urea groups is 1. The fraction of sp³-hybridized carbons (Fsp3) is 0.889. The van der Waals surface area contributed by atoms with Gasteiger partial charge in [0.25, 0.3) is 0 Å². The molecule has 0 bridgehead atoms. The molecule has 1 aliphatic rings. The van der Waals surface area contributed by atoms with E-state index in [0.717, 1.165) is 19.0 Å². The van der Waals surface area contributed by atoms with Gasteiger partial charge in [0.1, 0.15) is 0 Å². The van der Waals surface area contributed by atoms with Crippen LogP contribution in [0.2, 0.25) is 0 Å². The third-order valence-electron chi connectivity index (χ3n) is 2.59. The number of hydrogen-bond acceptors (Lipinski definition) is 1. The first-order valence-corrected chi connectivity index (χ1v) is 4.74. The summed E-state index contributed by atoms with van der Waals surface area (Å²) in [6.07, 6.45) is 3.94. The number of rotatable bonds is 3. The lowest BCUT2D eigenvalue weighted by atomic mass is 9.85. The summed E-state index contributed by atoms with van der Waals surface area (Å²) in [5.74, 6) is 0.766. The van der Waals surface area contributed by atoms with E-state index in [1.165, 1.54) is 19.3 Å². The summed E-state index contributed by atoms with van der Waals surface area (Å²) in [6.45, 7) is 3.78. The number of carbonyl (C=O) groups excluding carboxylic acids is 1. The largest absolute Gasteiger partial charge is 0.341 e. The highest BCUT2D eigenvalue weighted by atomic mass is 16.2. The summed E-state index contributed by atoms with van der Waals surface area (Å²) in [5, 5.41) is 2.66. The van der Waals surface area contributed by atoms with Gasteiger partial charge in [0.2, 0.25) is 0 Å². The summed E-state index contributed by atoms with van der Waals surface area (Å²) >= 11 is 0. The summed E-state index contributed by atoms with van der Waals surface area (Å²) < 4.78 is 0. The molecule has 70 valence electrons. The maximum Gasteiger partial charge on any atom is 0.317 e. The Morgan fingerprint density at radius 3 is 2.58 bits per heavy atom. The fourth-order valence-corrected chi connectivity index (χ4v) is 1.50. The van der Waals surface area contributed by atoms with Crippen molar-refractivity contribution in [3.05, 3.63) is 0 Å². The lowest BCUT2D eigenvalue weighted by Gasteiger charge is -2.31. The van der Waals surface area contributed by atoms with Crippen molar-refractivity contribution in [3.63, 3.8) is 0 Å². The fourth-order valence-electron chi connectivity index (χ4n) is 1.50. The van der Waals surface area contributed by atoms with Crippen LogP contribution in [-0.2, 0) is 0 Å². The summed E-state index contributed by atoms with van der Waals surface area (Å²) in [4.78, 5) is 13.1. The van der Waals surface area contributed by atoms with Crippen LogP contribution in [0.25, 0.3) is 0 Å². The molecule has 1 rings (SSSR count). The van der Waals surface area contributed by atoms with Crippen molar-refractivity contribution >= 4 is 6.03 Å². The monoisotopic (exact) mass is 170 g/mol. The third-order valence-corrected chi connectivity index (χ3v) is 2.59. The lowest BCUT2D eigenvalue weighted by Crippen LogP contribution is -2.42. The molecule has 0 aromatic heterocycles. The van der Waals surface area contributed by atoms with Gasteiger partial charge in [0.15, 0.2) is 0 Å². The molecule has 0 aromatic rings. The van der Waals surface area contributed by atoms with E-state index in [-0.39, 0.29) is 6.03 Å². The van der Waals surface area contributed by atoms with E-state index in [4.69, 9.17) is 0 Å². The molecular formula is C9H18N2O. The van der Waals surface area contributed by atoms with Crippen molar-refractivity contribution in [1.29, 1.82) is 0 Å². The Balaban J connectivity index is 2.28.